The number of likely N-dealkylation sites (tertiary alicyclic amines) is 1. The third kappa shape index (κ3) is 5.46. The van der Waals surface area contributed by atoms with Gasteiger partial charge in [-0.3, -0.25) is 9.69 Å². The van der Waals surface area contributed by atoms with Crippen molar-refractivity contribution in [1.29, 1.82) is 0 Å². The SMILES string of the molecule is COc1cc(-c2ccc(C3CCc4ccc(C(C5CC5)[C@H](C)C(=O)O)cc4O3)c(CN3CCC[C@@H]3C)c2)ccn1. The van der Waals surface area contributed by atoms with Crippen LogP contribution in [0.2, 0.25) is 0 Å². The number of nitrogens with zero attached hydrogens (tertiary/aromatic N) is 2. The Morgan fingerprint density at radius 1 is 1.10 bits per heavy atom. The van der Waals surface area contributed by atoms with Gasteiger partial charge in [-0.05, 0) is 115 Å². The van der Waals surface area contributed by atoms with Crippen LogP contribution in [0.25, 0.3) is 11.1 Å². The number of hydrogen-bond acceptors (Lipinski definition) is 5. The van der Waals surface area contributed by atoms with Crippen molar-refractivity contribution in [2.24, 2.45) is 11.8 Å². The number of pyridine rings is 1. The van der Waals surface area contributed by atoms with Gasteiger partial charge in [-0.2, -0.15) is 0 Å². The lowest BCUT2D eigenvalue weighted by Gasteiger charge is -2.31. The van der Waals surface area contributed by atoms with Crippen LogP contribution < -0.4 is 9.47 Å². The van der Waals surface area contributed by atoms with Crippen LogP contribution in [0.3, 0.4) is 0 Å². The fraction of sp³-hybridized carbons (Fsp3) is 0.471. The van der Waals surface area contributed by atoms with Crippen LogP contribution in [0.4, 0.5) is 0 Å². The number of carboxylic acid groups (broad SMARTS) is 1. The molecule has 1 N–H and O–H groups in total. The first-order valence-electron chi connectivity index (χ1n) is 14.8. The first-order chi connectivity index (χ1) is 19.4. The zero-order chi connectivity index (χ0) is 27.8. The molecule has 1 aliphatic carbocycles. The van der Waals surface area contributed by atoms with E-state index in [2.05, 4.69) is 53.2 Å². The molecule has 0 radical (unpaired) electrons. The molecule has 6 heteroatoms. The van der Waals surface area contributed by atoms with Crippen LogP contribution in [0.1, 0.15) is 80.2 Å². The highest BCUT2D eigenvalue weighted by Crippen LogP contribution is 2.48. The molecule has 4 atom stereocenters. The number of benzene rings is 2. The van der Waals surface area contributed by atoms with E-state index in [1.807, 2.05) is 19.1 Å². The quantitative estimate of drug-likeness (QED) is 0.314. The summed E-state index contributed by atoms with van der Waals surface area (Å²) < 4.78 is 12.1. The van der Waals surface area contributed by atoms with Gasteiger partial charge in [0.25, 0.3) is 0 Å². The lowest BCUT2D eigenvalue weighted by atomic mass is 9.82. The minimum absolute atomic E-state index is 0.0343. The molecule has 3 heterocycles. The molecule has 1 saturated heterocycles. The van der Waals surface area contributed by atoms with E-state index >= 15 is 0 Å². The summed E-state index contributed by atoms with van der Waals surface area (Å²) in [5.74, 6) is 0.897. The molecule has 2 unspecified atom stereocenters. The predicted octanol–water partition coefficient (Wildman–Crippen LogP) is 7.02. The van der Waals surface area contributed by atoms with Gasteiger partial charge >= 0.3 is 5.97 Å². The Morgan fingerprint density at radius 2 is 1.93 bits per heavy atom. The summed E-state index contributed by atoms with van der Waals surface area (Å²) in [6.07, 6.45) is 8.33. The maximum Gasteiger partial charge on any atom is 0.306 e. The van der Waals surface area contributed by atoms with E-state index in [4.69, 9.17) is 9.47 Å². The summed E-state index contributed by atoms with van der Waals surface area (Å²) in [5.41, 5.74) is 7.12. The second-order valence-electron chi connectivity index (χ2n) is 12.0. The Hall–Kier alpha value is -3.38. The van der Waals surface area contributed by atoms with Gasteiger partial charge in [-0.1, -0.05) is 31.2 Å². The van der Waals surface area contributed by atoms with Gasteiger partial charge in [-0.15, -0.1) is 0 Å². The molecule has 0 amide bonds. The first-order valence-corrected chi connectivity index (χ1v) is 14.8. The van der Waals surface area contributed by atoms with Crippen molar-refractivity contribution in [1.82, 2.24) is 9.88 Å². The molecule has 1 saturated carbocycles. The lowest BCUT2D eigenvalue weighted by Crippen LogP contribution is -2.27. The lowest BCUT2D eigenvalue weighted by molar-refractivity contribution is -0.142. The van der Waals surface area contributed by atoms with E-state index < -0.39 is 11.9 Å². The van der Waals surface area contributed by atoms with Crippen LogP contribution in [0.5, 0.6) is 11.6 Å². The summed E-state index contributed by atoms with van der Waals surface area (Å²) >= 11 is 0. The number of aliphatic carboxylic acids is 1. The summed E-state index contributed by atoms with van der Waals surface area (Å²) in [7, 11) is 1.65. The monoisotopic (exact) mass is 540 g/mol. The van der Waals surface area contributed by atoms with E-state index in [0.29, 0.717) is 17.8 Å². The molecule has 3 aliphatic rings. The number of aryl methyl sites for hydroxylation is 1. The van der Waals surface area contributed by atoms with Crippen molar-refractivity contribution < 1.29 is 19.4 Å². The maximum atomic E-state index is 11.9. The molecule has 6 rings (SSSR count). The normalized spacial score (nSPS) is 22.3. The number of methoxy groups -OCH3 is 1. The minimum atomic E-state index is -0.721. The Kier molecular flexibility index (Phi) is 7.54. The number of ether oxygens (including phenoxy) is 2. The highest BCUT2D eigenvalue weighted by Gasteiger charge is 2.39. The van der Waals surface area contributed by atoms with Crippen LogP contribution in [0.15, 0.2) is 54.7 Å². The molecular weight excluding hydrogens is 500 g/mol. The number of fused-ring (bicyclic) bond motifs is 1. The number of aromatic nitrogens is 1. The number of carboxylic acids is 1. The fourth-order valence-electron chi connectivity index (χ4n) is 6.77. The molecule has 40 heavy (non-hydrogen) atoms. The number of hydrogen-bond donors (Lipinski definition) is 1. The van der Waals surface area contributed by atoms with E-state index in [1.54, 1.807) is 13.3 Å². The molecule has 6 nitrogen and oxygen atoms in total. The van der Waals surface area contributed by atoms with Crippen LogP contribution in [-0.4, -0.2) is 40.7 Å². The third-order valence-electron chi connectivity index (χ3n) is 9.31. The molecule has 0 spiro atoms. The second kappa shape index (κ2) is 11.2. The molecule has 2 fully saturated rings. The van der Waals surface area contributed by atoms with Crippen molar-refractivity contribution in [3.63, 3.8) is 0 Å². The van der Waals surface area contributed by atoms with Crippen LogP contribution >= 0.6 is 0 Å². The smallest absolute Gasteiger partial charge is 0.306 e. The van der Waals surface area contributed by atoms with Crippen molar-refractivity contribution in [2.45, 2.75) is 77.0 Å². The van der Waals surface area contributed by atoms with Crippen LogP contribution in [-0.2, 0) is 17.8 Å². The summed E-state index contributed by atoms with van der Waals surface area (Å²) in [5, 5.41) is 9.77. The average Bonchev–Trinajstić information content (AvgIpc) is 3.73. The highest BCUT2D eigenvalue weighted by atomic mass is 16.5. The second-order valence-corrected chi connectivity index (χ2v) is 12.0. The van der Waals surface area contributed by atoms with Gasteiger partial charge in [0.15, 0.2) is 0 Å². The van der Waals surface area contributed by atoms with Gasteiger partial charge in [-0.25, -0.2) is 4.98 Å². The molecule has 2 aromatic carbocycles. The average molecular weight is 541 g/mol. The van der Waals surface area contributed by atoms with Crippen molar-refractivity contribution in [3.05, 3.63) is 77.0 Å². The molecule has 0 bridgehead atoms. The topological polar surface area (TPSA) is 71.9 Å². The zero-order valence-electron chi connectivity index (χ0n) is 23.8. The molecule has 210 valence electrons. The van der Waals surface area contributed by atoms with Crippen molar-refractivity contribution >= 4 is 5.97 Å². The molecule has 3 aromatic rings. The largest absolute Gasteiger partial charge is 0.485 e. The van der Waals surface area contributed by atoms with Crippen molar-refractivity contribution in [3.8, 4) is 22.8 Å². The van der Waals surface area contributed by atoms with Gasteiger partial charge < -0.3 is 14.6 Å². The molecule has 2 aliphatic heterocycles. The summed E-state index contributed by atoms with van der Waals surface area (Å²) in [6, 6.07) is 17.8. The standard InChI is InChI=1S/C34H40N2O4/c1-21-5-4-16-36(21)20-28-17-25(26-14-15-35-32(19-26)39-3)10-12-29(28)30-13-11-23-6-9-27(18-31(23)40-30)33(24-7-8-24)22(2)34(37)38/h6,9-10,12,14-15,17-19,21-22,24,30,33H,4-5,7-8,11,13,16,20H2,1-3H3,(H,37,38)/t21-,22-,30?,33?/m0/s1. The summed E-state index contributed by atoms with van der Waals surface area (Å²) in [6.45, 7) is 6.20. The van der Waals surface area contributed by atoms with Gasteiger partial charge in [0.05, 0.1) is 13.0 Å². The van der Waals surface area contributed by atoms with E-state index in [0.717, 1.165) is 61.2 Å². The highest BCUT2D eigenvalue weighted by molar-refractivity contribution is 5.71. The fourth-order valence-corrected chi connectivity index (χ4v) is 6.77. The van der Waals surface area contributed by atoms with Crippen LogP contribution in [0, 0.1) is 11.8 Å². The third-order valence-corrected chi connectivity index (χ3v) is 9.31. The Balaban J connectivity index is 1.32. The van der Waals surface area contributed by atoms with Gasteiger partial charge in [0.1, 0.15) is 11.9 Å². The summed E-state index contributed by atoms with van der Waals surface area (Å²) in [4.78, 5) is 18.8. The van der Waals surface area contributed by atoms with Gasteiger partial charge in [0, 0.05) is 24.8 Å². The predicted molar refractivity (Wildman–Crippen MR) is 156 cm³/mol. The van der Waals surface area contributed by atoms with E-state index in [9.17, 15) is 9.90 Å². The molecular formula is C34H40N2O4. The minimum Gasteiger partial charge on any atom is -0.485 e. The Bertz CT molecular complexity index is 1380. The number of carbonyl (C=O) groups is 1. The first kappa shape index (κ1) is 26.8. The van der Waals surface area contributed by atoms with Gasteiger partial charge in [0.2, 0.25) is 5.88 Å². The zero-order valence-corrected chi connectivity index (χ0v) is 23.8. The number of rotatable bonds is 9. The van der Waals surface area contributed by atoms with E-state index in [-0.39, 0.29) is 12.0 Å². The maximum absolute atomic E-state index is 11.9. The Labute approximate surface area is 237 Å². The Morgan fingerprint density at radius 3 is 2.65 bits per heavy atom. The van der Waals surface area contributed by atoms with Crippen molar-refractivity contribution in [2.75, 3.05) is 13.7 Å². The van der Waals surface area contributed by atoms with E-state index in [1.165, 1.54) is 29.5 Å². The molecule has 1 aromatic heterocycles.